The van der Waals surface area contributed by atoms with Crippen molar-refractivity contribution in [2.24, 2.45) is 11.7 Å². The lowest BCUT2D eigenvalue weighted by atomic mass is 9.94. The minimum atomic E-state index is -0.335. The summed E-state index contributed by atoms with van der Waals surface area (Å²) in [4.78, 5) is 2.50. The molecule has 2 fully saturated rings. The first-order valence-electron chi connectivity index (χ1n) is 6.79. The number of hydrogen-bond donors (Lipinski definition) is 2. The second kappa shape index (κ2) is 5.03. The Labute approximate surface area is 99.0 Å². The summed E-state index contributed by atoms with van der Waals surface area (Å²) < 4.78 is 0. The number of rotatable bonds is 4. The lowest BCUT2D eigenvalue weighted by Crippen LogP contribution is -2.56. The molecule has 16 heavy (non-hydrogen) atoms. The zero-order valence-electron chi connectivity index (χ0n) is 10.5. The van der Waals surface area contributed by atoms with Crippen LogP contribution in [0, 0.1) is 5.92 Å². The maximum absolute atomic E-state index is 9.53. The summed E-state index contributed by atoms with van der Waals surface area (Å²) in [6.45, 7) is 4.49. The fraction of sp³-hybridized carbons (Fsp3) is 1.00. The van der Waals surface area contributed by atoms with Gasteiger partial charge in [-0.05, 0) is 45.1 Å². The van der Waals surface area contributed by atoms with Crippen LogP contribution in [0.2, 0.25) is 0 Å². The molecule has 1 saturated heterocycles. The van der Waals surface area contributed by atoms with Crippen LogP contribution in [0.4, 0.5) is 0 Å². The molecule has 0 bridgehead atoms. The molecule has 3 N–H and O–H groups in total. The zero-order valence-corrected chi connectivity index (χ0v) is 10.5. The highest BCUT2D eigenvalue weighted by Gasteiger charge is 2.43. The van der Waals surface area contributed by atoms with E-state index in [1.165, 1.54) is 38.5 Å². The molecular weight excluding hydrogens is 200 g/mol. The average Bonchev–Trinajstić information content (AvgIpc) is 3.09. The van der Waals surface area contributed by atoms with Crippen LogP contribution in [-0.2, 0) is 0 Å². The average molecular weight is 226 g/mol. The summed E-state index contributed by atoms with van der Waals surface area (Å²) in [5, 5.41) is 9.53. The molecule has 0 radical (unpaired) electrons. The Bertz CT molecular complexity index is 230. The molecule has 1 aliphatic carbocycles. The fourth-order valence-corrected chi connectivity index (χ4v) is 2.91. The summed E-state index contributed by atoms with van der Waals surface area (Å²) in [6.07, 6.45) is 7.68. The molecule has 0 spiro atoms. The normalized spacial score (nSPS) is 32.1. The van der Waals surface area contributed by atoms with Crippen LogP contribution in [0.15, 0.2) is 0 Å². The van der Waals surface area contributed by atoms with Gasteiger partial charge in [0.05, 0.1) is 12.1 Å². The van der Waals surface area contributed by atoms with E-state index < -0.39 is 0 Å². The van der Waals surface area contributed by atoms with Crippen LogP contribution in [-0.4, -0.2) is 41.3 Å². The van der Waals surface area contributed by atoms with Crippen molar-refractivity contribution in [3.63, 3.8) is 0 Å². The van der Waals surface area contributed by atoms with E-state index in [-0.39, 0.29) is 12.1 Å². The molecule has 0 amide bonds. The van der Waals surface area contributed by atoms with Crippen molar-refractivity contribution in [1.29, 1.82) is 0 Å². The largest absolute Gasteiger partial charge is 0.394 e. The van der Waals surface area contributed by atoms with Crippen LogP contribution in [0.1, 0.15) is 45.4 Å². The van der Waals surface area contributed by atoms with Gasteiger partial charge in [0.15, 0.2) is 0 Å². The van der Waals surface area contributed by atoms with Crippen molar-refractivity contribution >= 4 is 0 Å². The third-order valence-corrected chi connectivity index (χ3v) is 4.37. The van der Waals surface area contributed by atoms with E-state index in [0.29, 0.717) is 12.0 Å². The van der Waals surface area contributed by atoms with Crippen LogP contribution in [0.3, 0.4) is 0 Å². The van der Waals surface area contributed by atoms with Gasteiger partial charge < -0.3 is 10.8 Å². The molecule has 1 heterocycles. The van der Waals surface area contributed by atoms with Crippen molar-refractivity contribution in [3.05, 3.63) is 0 Å². The number of nitrogens with zero attached hydrogens (tertiary/aromatic N) is 1. The minimum Gasteiger partial charge on any atom is -0.394 e. The van der Waals surface area contributed by atoms with E-state index in [9.17, 15) is 5.11 Å². The molecule has 0 aromatic heterocycles. The second-order valence-corrected chi connectivity index (χ2v) is 5.83. The second-order valence-electron chi connectivity index (χ2n) is 5.83. The number of aliphatic hydroxyl groups is 1. The lowest BCUT2D eigenvalue weighted by molar-refractivity contribution is 0.101. The molecular formula is C13H26N2O. The highest BCUT2D eigenvalue weighted by molar-refractivity contribution is 5.01. The Morgan fingerprint density at radius 2 is 2.00 bits per heavy atom. The van der Waals surface area contributed by atoms with Crippen molar-refractivity contribution in [3.8, 4) is 0 Å². The van der Waals surface area contributed by atoms with Gasteiger partial charge in [0.25, 0.3) is 0 Å². The van der Waals surface area contributed by atoms with Gasteiger partial charge in [-0.1, -0.05) is 12.8 Å². The molecule has 0 aromatic rings. The zero-order chi connectivity index (χ0) is 11.6. The molecule has 2 atom stereocenters. The van der Waals surface area contributed by atoms with Gasteiger partial charge in [-0.15, -0.1) is 0 Å². The summed E-state index contributed by atoms with van der Waals surface area (Å²) in [7, 11) is 0. The molecule has 2 rings (SSSR count). The Morgan fingerprint density at radius 3 is 2.62 bits per heavy atom. The summed E-state index contributed by atoms with van der Waals surface area (Å²) in [6, 6.07) is 0.635. The van der Waals surface area contributed by atoms with Gasteiger partial charge >= 0.3 is 0 Å². The van der Waals surface area contributed by atoms with Crippen molar-refractivity contribution in [2.75, 3.05) is 19.7 Å². The van der Waals surface area contributed by atoms with Crippen LogP contribution >= 0.6 is 0 Å². The summed E-state index contributed by atoms with van der Waals surface area (Å²) >= 11 is 0. The maximum atomic E-state index is 9.53. The Balaban J connectivity index is 1.94. The molecule has 3 nitrogen and oxygen atoms in total. The standard InChI is InChI=1S/C13H26N2O/c1-11-5-3-2-4-8-15(11)9-13(14,10-16)12-6-7-12/h11-12,16H,2-10,14H2,1H3. The van der Waals surface area contributed by atoms with Crippen LogP contribution in [0.25, 0.3) is 0 Å². The van der Waals surface area contributed by atoms with Gasteiger partial charge in [0, 0.05) is 12.6 Å². The third-order valence-electron chi connectivity index (χ3n) is 4.37. The highest BCUT2D eigenvalue weighted by Crippen LogP contribution is 2.39. The molecule has 1 saturated carbocycles. The highest BCUT2D eigenvalue weighted by atomic mass is 16.3. The van der Waals surface area contributed by atoms with Gasteiger partial charge in [-0.2, -0.15) is 0 Å². The van der Waals surface area contributed by atoms with Crippen molar-refractivity contribution in [1.82, 2.24) is 4.90 Å². The van der Waals surface area contributed by atoms with Crippen molar-refractivity contribution < 1.29 is 5.11 Å². The Kier molecular flexibility index (Phi) is 3.88. The first-order valence-corrected chi connectivity index (χ1v) is 6.79. The molecule has 94 valence electrons. The van der Waals surface area contributed by atoms with Crippen LogP contribution < -0.4 is 5.73 Å². The monoisotopic (exact) mass is 226 g/mol. The van der Waals surface area contributed by atoms with E-state index in [4.69, 9.17) is 5.73 Å². The van der Waals surface area contributed by atoms with Crippen LogP contribution in [0.5, 0.6) is 0 Å². The smallest absolute Gasteiger partial charge is 0.0626 e. The third kappa shape index (κ3) is 2.76. The lowest BCUT2D eigenvalue weighted by Gasteiger charge is -2.36. The quantitative estimate of drug-likeness (QED) is 0.761. The fourth-order valence-electron chi connectivity index (χ4n) is 2.91. The van der Waals surface area contributed by atoms with Gasteiger partial charge in [-0.3, -0.25) is 4.90 Å². The van der Waals surface area contributed by atoms with Gasteiger partial charge in [0.1, 0.15) is 0 Å². The molecule has 2 unspecified atom stereocenters. The number of nitrogens with two attached hydrogens (primary N) is 1. The molecule has 0 aromatic carbocycles. The predicted molar refractivity (Wildman–Crippen MR) is 66.2 cm³/mol. The van der Waals surface area contributed by atoms with E-state index in [1.54, 1.807) is 0 Å². The minimum absolute atomic E-state index is 0.140. The molecule has 1 aliphatic heterocycles. The van der Waals surface area contributed by atoms with E-state index in [1.807, 2.05) is 0 Å². The Morgan fingerprint density at radius 1 is 1.25 bits per heavy atom. The van der Waals surface area contributed by atoms with E-state index in [0.717, 1.165) is 13.1 Å². The number of likely N-dealkylation sites (tertiary alicyclic amines) is 1. The first-order chi connectivity index (χ1) is 7.65. The molecule has 3 heteroatoms. The Hall–Kier alpha value is -0.120. The van der Waals surface area contributed by atoms with Crippen molar-refractivity contribution in [2.45, 2.75) is 57.0 Å². The predicted octanol–water partition coefficient (Wildman–Crippen LogP) is 1.35. The topological polar surface area (TPSA) is 49.5 Å². The SMILES string of the molecule is CC1CCCCCN1CC(N)(CO)C1CC1. The van der Waals surface area contributed by atoms with Gasteiger partial charge in [0.2, 0.25) is 0 Å². The number of hydrogen-bond acceptors (Lipinski definition) is 3. The number of aliphatic hydroxyl groups excluding tert-OH is 1. The van der Waals surface area contributed by atoms with E-state index >= 15 is 0 Å². The summed E-state index contributed by atoms with van der Waals surface area (Å²) in [5.74, 6) is 0.563. The van der Waals surface area contributed by atoms with E-state index in [2.05, 4.69) is 11.8 Å². The maximum Gasteiger partial charge on any atom is 0.0626 e. The molecule has 2 aliphatic rings. The first kappa shape index (κ1) is 12.3. The van der Waals surface area contributed by atoms with Gasteiger partial charge in [-0.25, -0.2) is 0 Å². The summed E-state index contributed by atoms with van der Waals surface area (Å²) in [5.41, 5.74) is 6.02.